The monoisotopic (exact) mass is 253 g/mol. The zero-order valence-corrected chi connectivity index (χ0v) is 10.4. The Bertz CT molecular complexity index is 610. The van der Waals surface area contributed by atoms with Gasteiger partial charge < -0.3 is 11.1 Å². The summed E-state index contributed by atoms with van der Waals surface area (Å²) in [4.78, 5) is 11.7. The van der Waals surface area contributed by atoms with Crippen molar-refractivity contribution in [3.05, 3.63) is 59.7 Å². The van der Waals surface area contributed by atoms with Crippen LogP contribution in [0.25, 0.3) is 0 Å². The number of carbonyl (C=O) groups is 1. The number of fused-ring (bicyclic) bond motifs is 1. The Hall–Kier alpha value is -2.33. The Morgan fingerprint density at radius 2 is 1.89 bits per heavy atom. The minimum Gasteiger partial charge on any atom is -0.399 e. The SMILES string of the molecule is Nc1ccc2c(c1)[C@H](c1ccccc1)NCC(=O)N2. The molecule has 0 spiro atoms. The van der Waals surface area contributed by atoms with Gasteiger partial charge in [0.05, 0.1) is 12.6 Å². The number of benzene rings is 2. The molecule has 4 heteroatoms. The molecule has 0 radical (unpaired) electrons. The van der Waals surface area contributed by atoms with Crippen molar-refractivity contribution >= 4 is 17.3 Å². The average molecular weight is 253 g/mol. The summed E-state index contributed by atoms with van der Waals surface area (Å²) in [7, 11) is 0. The van der Waals surface area contributed by atoms with Crippen molar-refractivity contribution in [1.29, 1.82) is 0 Å². The highest BCUT2D eigenvalue weighted by Gasteiger charge is 2.22. The predicted molar refractivity (Wildman–Crippen MR) is 75.8 cm³/mol. The summed E-state index contributed by atoms with van der Waals surface area (Å²) in [6.07, 6.45) is 0. The molecule has 2 aromatic carbocycles. The molecule has 19 heavy (non-hydrogen) atoms. The molecule has 1 aliphatic heterocycles. The Kier molecular flexibility index (Phi) is 2.93. The van der Waals surface area contributed by atoms with Gasteiger partial charge in [0.1, 0.15) is 0 Å². The molecule has 0 bridgehead atoms. The normalized spacial score (nSPS) is 18.3. The Balaban J connectivity index is 2.11. The van der Waals surface area contributed by atoms with E-state index in [9.17, 15) is 4.79 Å². The van der Waals surface area contributed by atoms with E-state index < -0.39 is 0 Å². The Morgan fingerprint density at radius 3 is 2.68 bits per heavy atom. The highest BCUT2D eigenvalue weighted by atomic mass is 16.1. The lowest BCUT2D eigenvalue weighted by Crippen LogP contribution is -2.27. The highest BCUT2D eigenvalue weighted by molar-refractivity contribution is 5.94. The van der Waals surface area contributed by atoms with Gasteiger partial charge >= 0.3 is 0 Å². The molecule has 96 valence electrons. The van der Waals surface area contributed by atoms with Gasteiger partial charge in [-0.15, -0.1) is 0 Å². The molecular weight excluding hydrogens is 238 g/mol. The number of carbonyl (C=O) groups excluding carboxylic acids is 1. The standard InChI is InChI=1S/C15H15N3O/c16-11-6-7-13-12(8-11)15(17-9-14(19)18-13)10-4-2-1-3-5-10/h1-8,15,17H,9,16H2,(H,18,19)/t15-/m0/s1. The molecule has 3 rings (SSSR count). The predicted octanol–water partition coefficient (Wildman–Crippen LogP) is 1.90. The average Bonchev–Trinajstić information content (AvgIpc) is 2.58. The molecule has 1 amide bonds. The van der Waals surface area contributed by atoms with Gasteiger partial charge in [0.15, 0.2) is 0 Å². The van der Waals surface area contributed by atoms with Crippen LogP contribution in [-0.2, 0) is 4.79 Å². The van der Waals surface area contributed by atoms with E-state index in [1.54, 1.807) is 6.07 Å². The number of amides is 1. The highest BCUT2D eigenvalue weighted by Crippen LogP contribution is 2.31. The third kappa shape index (κ3) is 2.30. The molecule has 1 heterocycles. The molecule has 0 fully saturated rings. The molecule has 0 saturated heterocycles. The first-order valence-corrected chi connectivity index (χ1v) is 6.21. The maximum atomic E-state index is 11.7. The third-order valence-electron chi connectivity index (χ3n) is 3.26. The second kappa shape index (κ2) is 4.74. The number of nitrogen functional groups attached to an aromatic ring is 1. The van der Waals surface area contributed by atoms with Crippen LogP contribution in [0.2, 0.25) is 0 Å². The fourth-order valence-corrected chi connectivity index (χ4v) is 2.38. The van der Waals surface area contributed by atoms with Crippen LogP contribution in [0.5, 0.6) is 0 Å². The van der Waals surface area contributed by atoms with Gasteiger partial charge in [-0.3, -0.25) is 10.1 Å². The van der Waals surface area contributed by atoms with E-state index in [0.717, 1.165) is 16.8 Å². The largest absolute Gasteiger partial charge is 0.399 e. The molecular formula is C15H15N3O. The second-order valence-electron chi connectivity index (χ2n) is 4.62. The van der Waals surface area contributed by atoms with Crippen molar-refractivity contribution in [2.75, 3.05) is 17.6 Å². The second-order valence-corrected chi connectivity index (χ2v) is 4.62. The minimum absolute atomic E-state index is 0.0290. The van der Waals surface area contributed by atoms with Crippen LogP contribution in [-0.4, -0.2) is 12.5 Å². The molecule has 1 aliphatic rings. The summed E-state index contributed by atoms with van der Waals surface area (Å²) in [6, 6.07) is 15.6. The van der Waals surface area contributed by atoms with Crippen LogP contribution in [0.15, 0.2) is 48.5 Å². The van der Waals surface area contributed by atoms with E-state index in [1.807, 2.05) is 42.5 Å². The first-order chi connectivity index (χ1) is 9.24. The van der Waals surface area contributed by atoms with Gasteiger partial charge in [0.2, 0.25) is 5.91 Å². The maximum Gasteiger partial charge on any atom is 0.238 e. The lowest BCUT2D eigenvalue weighted by atomic mass is 9.97. The van der Waals surface area contributed by atoms with E-state index >= 15 is 0 Å². The maximum absolute atomic E-state index is 11.7. The van der Waals surface area contributed by atoms with Crippen LogP contribution >= 0.6 is 0 Å². The fourth-order valence-electron chi connectivity index (χ4n) is 2.38. The zero-order chi connectivity index (χ0) is 13.2. The molecule has 2 aromatic rings. The topological polar surface area (TPSA) is 67.1 Å². The van der Waals surface area contributed by atoms with E-state index in [2.05, 4.69) is 10.6 Å². The van der Waals surface area contributed by atoms with E-state index in [1.165, 1.54) is 0 Å². The summed E-state index contributed by atoms with van der Waals surface area (Å²) in [5, 5.41) is 6.16. The lowest BCUT2D eigenvalue weighted by molar-refractivity contribution is -0.115. The molecule has 0 saturated carbocycles. The summed E-state index contributed by atoms with van der Waals surface area (Å²) < 4.78 is 0. The van der Waals surface area contributed by atoms with Crippen molar-refractivity contribution in [3.8, 4) is 0 Å². The first-order valence-electron chi connectivity index (χ1n) is 6.21. The summed E-state index contributed by atoms with van der Waals surface area (Å²) >= 11 is 0. The van der Waals surface area contributed by atoms with E-state index in [0.29, 0.717) is 5.69 Å². The van der Waals surface area contributed by atoms with Gasteiger partial charge in [-0.05, 0) is 29.3 Å². The summed E-state index contributed by atoms with van der Waals surface area (Å²) in [6.45, 7) is 0.286. The van der Waals surface area contributed by atoms with Gasteiger partial charge in [-0.2, -0.15) is 0 Å². The zero-order valence-electron chi connectivity index (χ0n) is 10.4. The number of rotatable bonds is 1. The van der Waals surface area contributed by atoms with Crippen molar-refractivity contribution in [1.82, 2.24) is 5.32 Å². The smallest absolute Gasteiger partial charge is 0.238 e. The molecule has 4 N–H and O–H groups in total. The van der Waals surface area contributed by atoms with E-state index in [-0.39, 0.29) is 18.5 Å². The van der Waals surface area contributed by atoms with Crippen molar-refractivity contribution in [3.63, 3.8) is 0 Å². The third-order valence-corrected chi connectivity index (χ3v) is 3.26. The van der Waals surface area contributed by atoms with Gasteiger partial charge in [0.25, 0.3) is 0 Å². The van der Waals surface area contributed by atoms with Crippen LogP contribution < -0.4 is 16.4 Å². The van der Waals surface area contributed by atoms with Crippen molar-refractivity contribution in [2.24, 2.45) is 0 Å². The first kappa shape index (κ1) is 11.7. The van der Waals surface area contributed by atoms with Crippen LogP contribution in [0.3, 0.4) is 0 Å². The molecule has 0 aromatic heterocycles. The Labute approximate surface area is 111 Å². The van der Waals surface area contributed by atoms with Crippen molar-refractivity contribution in [2.45, 2.75) is 6.04 Å². The number of hydrogen-bond donors (Lipinski definition) is 3. The van der Waals surface area contributed by atoms with Crippen LogP contribution in [0.1, 0.15) is 17.2 Å². The van der Waals surface area contributed by atoms with Crippen LogP contribution in [0, 0.1) is 0 Å². The summed E-state index contributed by atoms with van der Waals surface area (Å²) in [5.74, 6) is -0.0375. The number of nitrogens with one attached hydrogen (secondary N) is 2. The number of nitrogens with two attached hydrogens (primary N) is 1. The fraction of sp³-hybridized carbons (Fsp3) is 0.133. The molecule has 1 atom stereocenters. The van der Waals surface area contributed by atoms with E-state index in [4.69, 9.17) is 5.73 Å². The number of anilines is 2. The molecule has 4 nitrogen and oxygen atoms in total. The van der Waals surface area contributed by atoms with Crippen LogP contribution in [0.4, 0.5) is 11.4 Å². The Morgan fingerprint density at radius 1 is 1.11 bits per heavy atom. The molecule has 0 aliphatic carbocycles. The quantitative estimate of drug-likeness (QED) is 0.680. The summed E-state index contributed by atoms with van der Waals surface area (Å²) in [5.41, 5.74) is 9.49. The minimum atomic E-state index is -0.0375. The van der Waals surface area contributed by atoms with Gasteiger partial charge in [-0.1, -0.05) is 30.3 Å². The van der Waals surface area contributed by atoms with Crippen molar-refractivity contribution < 1.29 is 4.79 Å². The lowest BCUT2D eigenvalue weighted by Gasteiger charge is -2.18. The molecule has 0 unspecified atom stereocenters. The number of hydrogen-bond acceptors (Lipinski definition) is 3. The van der Waals surface area contributed by atoms with Gasteiger partial charge in [-0.25, -0.2) is 0 Å². The van der Waals surface area contributed by atoms with Gasteiger partial charge in [0, 0.05) is 11.4 Å².